The van der Waals surface area contributed by atoms with Gasteiger partial charge in [-0.1, -0.05) is 272 Å². The molecule has 1 saturated heterocycles. The Morgan fingerprint density at radius 2 is 0.696 bits per heavy atom. The summed E-state index contributed by atoms with van der Waals surface area (Å²) in [6, 6.07) is 26.7. The molecule has 3 aromatic carbocycles. The second-order valence-corrected chi connectivity index (χ2v) is 26.5. The van der Waals surface area contributed by atoms with Crippen molar-refractivity contribution in [1.29, 1.82) is 0 Å². The largest absolute Gasteiger partial charge is 0.384 e. The summed E-state index contributed by atoms with van der Waals surface area (Å²) in [7, 11) is 0. The molecule has 0 bridgehead atoms. The molecule has 5 spiro atoms. The molecular weight excluding hydrogens is 957 g/mol. The first kappa shape index (κ1) is 70.4. The van der Waals surface area contributed by atoms with Gasteiger partial charge in [0.15, 0.2) is 0 Å². The first-order valence-electron chi connectivity index (χ1n) is 34.2. The van der Waals surface area contributed by atoms with Gasteiger partial charge in [0.2, 0.25) is 0 Å². The Morgan fingerprint density at radius 3 is 1.15 bits per heavy atom. The van der Waals surface area contributed by atoms with Crippen molar-refractivity contribution in [2.75, 3.05) is 43.4 Å². The highest BCUT2D eigenvalue weighted by molar-refractivity contribution is 5.60. The van der Waals surface area contributed by atoms with E-state index in [2.05, 4.69) is 163 Å². The van der Waals surface area contributed by atoms with E-state index in [0.717, 1.165) is 17.4 Å². The van der Waals surface area contributed by atoms with Crippen molar-refractivity contribution in [3.05, 3.63) is 95.1 Å². The molecule has 0 atom stereocenters. The van der Waals surface area contributed by atoms with Gasteiger partial charge in [0.1, 0.15) is 0 Å². The van der Waals surface area contributed by atoms with E-state index in [4.69, 9.17) is 0 Å². The molecule has 7 fully saturated rings. The van der Waals surface area contributed by atoms with Crippen LogP contribution >= 0.6 is 0 Å². The minimum atomic E-state index is 0. The highest BCUT2D eigenvalue weighted by Gasteiger charge is 2.41. The topological polar surface area (TPSA) is 48.1 Å². The average Bonchev–Trinajstić information content (AvgIpc) is 4.07. The van der Waals surface area contributed by atoms with Gasteiger partial charge in [0.25, 0.3) is 0 Å². The van der Waals surface area contributed by atoms with Crippen LogP contribution in [0.1, 0.15) is 317 Å². The lowest BCUT2D eigenvalue weighted by Gasteiger charge is -2.45. The third-order valence-electron chi connectivity index (χ3n) is 18.8. The second kappa shape index (κ2) is 39.6. The molecule has 79 heavy (non-hydrogen) atoms. The van der Waals surface area contributed by atoms with E-state index in [9.17, 15) is 0 Å². The van der Waals surface area contributed by atoms with Gasteiger partial charge in [-0.3, -0.25) is 0 Å². The van der Waals surface area contributed by atoms with Crippen molar-refractivity contribution >= 4 is 11.4 Å². The minimum Gasteiger partial charge on any atom is -0.384 e. The first-order chi connectivity index (χ1) is 38.1. The molecule has 4 nitrogen and oxygen atoms in total. The van der Waals surface area contributed by atoms with Crippen molar-refractivity contribution in [2.45, 2.75) is 319 Å². The van der Waals surface area contributed by atoms with E-state index in [1.807, 2.05) is 0 Å². The molecule has 0 unspecified atom stereocenters. The molecule has 0 aromatic heterocycles. The van der Waals surface area contributed by atoms with Gasteiger partial charge in [0, 0.05) is 54.9 Å². The van der Waals surface area contributed by atoms with Crippen molar-refractivity contribution in [1.82, 2.24) is 10.6 Å². The van der Waals surface area contributed by atoms with Crippen LogP contribution in [-0.2, 0) is 23.8 Å². The van der Waals surface area contributed by atoms with E-state index >= 15 is 0 Å². The number of anilines is 2. The number of benzene rings is 3. The van der Waals surface area contributed by atoms with Gasteiger partial charge in [-0.2, -0.15) is 0 Å². The maximum atomic E-state index is 3.62. The van der Waals surface area contributed by atoms with Crippen LogP contribution < -0.4 is 21.3 Å². The van der Waals surface area contributed by atoms with E-state index in [1.165, 1.54) is 254 Å². The predicted octanol–water partition coefficient (Wildman–Crippen LogP) is 22.7. The normalized spacial score (nSPS) is 21.7. The number of fused-ring (bicyclic) bond motifs is 5. The van der Waals surface area contributed by atoms with Crippen molar-refractivity contribution in [2.24, 2.45) is 16.2 Å². The molecule has 0 amide bonds. The van der Waals surface area contributed by atoms with Gasteiger partial charge in [-0.15, -0.1) is 0 Å². The number of rotatable bonds is 0. The second-order valence-electron chi connectivity index (χ2n) is 26.5. The quantitative estimate of drug-likeness (QED) is 0.181. The lowest BCUT2D eigenvalue weighted by atomic mass is 9.61. The van der Waals surface area contributed by atoms with Crippen LogP contribution in [0.15, 0.2) is 72.8 Å². The molecule has 452 valence electrons. The summed E-state index contributed by atoms with van der Waals surface area (Å²) in [5.74, 6) is 0. The molecule has 4 aliphatic heterocycles. The van der Waals surface area contributed by atoms with Crippen LogP contribution in [0.25, 0.3) is 0 Å². The summed E-state index contributed by atoms with van der Waals surface area (Å²) in [5, 5.41) is 14.3. The van der Waals surface area contributed by atoms with Crippen LogP contribution in [0.4, 0.5) is 11.4 Å². The fourth-order valence-corrected chi connectivity index (χ4v) is 14.8. The number of nitrogens with one attached hydrogen (secondary N) is 4. The van der Waals surface area contributed by atoms with E-state index in [-0.39, 0.29) is 7.43 Å². The highest BCUT2D eigenvalue weighted by Crippen LogP contribution is 2.52. The van der Waals surface area contributed by atoms with Gasteiger partial charge >= 0.3 is 0 Å². The zero-order chi connectivity index (χ0) is 56.3. The molecular formula is C75H132N4. The fraction of sp³-hybridized carbons (Fsp3) is 0.760. The molecule has 3 aromatic rings. The summed E-state index contributed by atoms with van der Waals surface area (Å²) in [4.78, 5) is 0. The summed E-state index contributed by atoms with van der Waals surface area (Å²) in [6.07, 6.45) is 50.0. The van der Waals surface area contributed by atoms with E-state index in [1.54, 1.807) is 36.8 Å². The Kier molecular flexibility index (Phi) is 35.3. The maximum absolute atomic E-state index is 3.62. The van der Waals surface area contributed by atoms with Gasteiger partial charge in [-0.05, 0) is 147 Å². The Morgan fingerprint density at radius 1 is 0.316 bits per heavy atom. The number of hydrogen-bond acceptors (Lipinski definition) is 4. The van der Waals surface area contributed by atoms with E-state index in [0.29, 0.717) is 16.2 Å². The lowest BCUT2D eigenvalue weighted by molar-refractivity contribution is 0.0775. The molecule has 6 aliphatic carbocycles. The standard InChI is InChI=1S/2C14H19N.C13H17N.C9H17N.C9H16.5C3H8.CH4/c1-4-8-14(9-5-1)11-15-10-12-6-2-3-7-13(12)14;1-4-8-14(9-5-1)10-12-6-2-3-7-13(12)15-11-14;1-4-8-13(9-5-1)10-14-12-7-3-2-6-11(12)13;1-2-4-9(5-3-1)6-7-10-8-9;1-2-5-9(6-3-1)7-4-8-9;5*1-3-2;/h2*2-3,6-7,15H,1,4-5,8-11H2;2-3,6-7,14H,1,4-5,8-10H2;10H,1-8H2;1-8H2;5*3H2,1-2H3;1H4. The Balaban J connectivity index is 0.000000245. The van der Waals surface area contributed by atoms with Crippen LogP contribution in [0.2, 0.25) is 0 Å². The third kappa shape index (κ3) is 22.7. The van der Waals surface area contributed by atoms with Gasteiger partial charge in [-0.25, -0.2) is 0 Å². The van der Waals surface area contributed by atoms with Crippen LogP contribution in [-0.4, -0.2) is 32.7 Å². The number of para-hydroxylation sites is 2. The fourth-order valence-electron chi connectivity index (χ4n) is 14.8. The van der Waals surface area contributed by atoms with E-state index < -0.39 is 0 Å². The molecule has 0 radical (unpaired) electrons. The molecule has 13 rings (SSSR count). The van der Waals surface area contributed by atoms with Crippen LogP contribution in [0, 0.1) is 16.2 Å². The maximum Gasteiger partial charge on any atom is 0.0379 e. The third-order valence-corrected chi connectivity index (χ3v) is 18.8. The zero-order valence-electron chi connectivity index (χ0n) is 53.4. The summed E-state index contributed by atoms with van der Waals surface area (Å²) in [5.41, 5.74) is 12.3. The van der Waals surface area contributed by atoms with Gasteiger partial charge < -0.3 is 21.3 Å². The van der Waals surface area contributed by atoms with Crippen molar-refractivity contribution < 1.29 is 0 Å². The van der Waals surface area contributed by atoms with Crippen molar-refractivity contribution in [3.8, 4) is 0 Å². The lowest BCUT2D eigenvalue weighted by Crippen LogP contribution is -2.44. The van der Waals surface area contributed by atoms with Gasteiger partial charge in [0.05, 0.1) is 0 Å². The smallest absolute Gasteiger partial charge is 0.0379 e. The summed E-state index contributed by atoms with van der Waals surface area (Å²) in [6.45, 7) is 28.5. The monoisotopic (exact) mass is 1090 g/mol. The predicted molar refractivity (Wildman–Crippen MR) is 356 cm³/mol. The zero-order valence-corrected chi connectivity index (χ0v) is 53.4. The molecule has 4 heterocycles. The molecule has 4 N–H and O–H groups in total. The van der Waals surface area contributed by atoms with Crippen molar-refractivity contribution in [3.63, 3.8) is 0 Å². The average molecular weight is 1090 g/mol. The Hall–Kier alpha value is -2.82. The highest BCUT2D eigenvalue weighted by atomic mass is 14.9. The van der Waals surface area contributed by atoms with Crippen LogP contribution in [0.3, 0.4) is 0 Å². The molecule has 4 heteroatoms. The Labute approximate surface area is 493 Å². The first-order valence-corrected chi connectivity index (χ1v) is 34.2. The SMILES string of the molecule is C.C1CCC2(CC1)CCC2.C1CCC2(CC1)CCNC2.CCC.CCC.CCC.CCC.CCC.c1ccc2c(c1)CC1(CCCCC1)CN2.c1ccc2c(c1)CNCC21CCCCC1.c1ccc2c(c1)NCC21CCCCC1. The Bertz CT molecular complexity index is 1900. The summed E-state index contributed by atoms with van der Waals surface area (Å²) >= 11 is 0. The van der Waals surface area contributed by atoms with Crippen LogP contribution in [0.5, 0.6) is 0 Å². The minimum absolute atomic E-state index is 0. The molecule has 10 aliphatic rings. The summed E-state index contributed by atoms with van der Waals surface area (Å²) < 4.78 is 0. The molecule has 6 saturated carbocycles. The number of hydrogen-bond donors (Lipinski definition) is 4.